The molecule has 7 aromatic carbocycles. The van der Waals surface area contributed by atoms with Gasteiger partial charge in [0.1, 0.15) is 60.6 Å². The largest absolute Gasteiger partial charge is 0.374 e. The summed E-state index contributed by atoms with van der Waals surface area (Å²) in [6, 6.07) is 70.6. The average molecular weight is 1040 g/mol. The summed E-state index contributed by atoms with van der Waals surface area (Å²) in [5.41, 5.74) is 7.60. The first-order chi connectivity index (χ1) is 38.1. The third-order valence-corrected chi connectivity index (χ3v) is 13.8. The number of ether oxygens (including phenoxy) is 10. The molecule has 10 atom stereocenters. The second-order valence-electron chi connectivity index (χ2n) is 19.3. The maximum absolute atomic E-state index is 7.23. The van der Waals surface area contributed by atoms with Gasteiger partial charge >= 0.3 is 0 Å². The Morgan fingerprint density at radius 1 is 0.377 bits per heavy atom. The van der Waals surface area contributed by atoms with Crippen molar-refractivity contribution in [2.45, 2.75) is 114 Å². The van der Waals surface area contributed by atoms with Crippen LogP contribution in [0, 0.1) is 0 Å². The third-order valence-electron chi connectivity index (χ3n) is 13.8. The van der Waals surface area contributed by atoms with E-state index in [-0.39, 0.29) is 19.8 Å². The molecule has 1 aromatic heterocycles. The maximum Gasteiger partial charge on any atom is 0.186 e. The van der Waals surface area contributed by atoms with Crippen LogP contribution in [-0.2, 0) is 100 Å². The highest BCUT2D eigenvalue weighted by molar-refractivity contribution is 5.20. The van der Waals surface area contributed by atoms with Crippen LogP contribution in [-0.4, -0.2) is 83.8 Å². The molecule has 0 radical (unpaired) electrons. The Labute approximate surface area is 451 Å². The van der Waals surface area contributed by atoms with Gasteiger partial charge < -0.3 is 47.4 Å². The fourth-order valence-corrected chi connectivity index (χ4v) is 9.83. The maximum atomic E-state index is 7.23. The molecule has 3 heterocycles. The highest BCUT2D eigenvalue weighted by atomic mass is 16.7. The molecule has 13 heteroatoms. The van der Waals surface area contributed by atoms with E-state index in [1.165, 1.54) is 0 Å². The molecule has 2 fully saturated rings. The zero-order valence-corrected chi connectivity index (χ0v) is 43.3. The lowest BCUT2D eigenvalue weighted by Gasteiger charge is -2.46. The highest BCUT2D eigenvalue weighted by Gasteiger charge is 2.51. The molecule has 0 N–H and O–H groups in total. The minimum Gasteiger partial charge on any atom is -0.374 e. The van der Waals surface area contributed by atoms with Crippen molar-refractivity contribution in [3.8, 4) is 0 Å². The van der Waals surface area contributed by atoms with Crippen LogP contribution in [0.2, 0.25) is 0 Å². The molecule has 0 saturated carbocycles. The Hall–Kier alpha value is -6.72. The zero-order valence-electron chi connectivity index (χ0n) is 43.3. The smallest absolute Gasteiger partial charge is 0.186 e. The number of benzene rings is 7. The van der Waals surface area contributed by atoms with Gasteiger partial charge in [0.15, 0.2) is 6.29 Å². The lowest BCUT2D eigenvalue weighted by molar-refractivity contribution is -0.319. The van der Waals surface area contributed by atoms with Crippen LogP contribution in [0.15, 0.2) is 219 Å². The molecular formula is C64H67N3O10. The van der Waals surface area contributed by atoms with Gasteiger partial charge in [-0.15, -0.1) is 5.10 Å². The van der Waals surface area contributed by atoms with E-state index in [1.54, 1.807) is 11.8 Å². The Kier molecular flexibility index (Phi) is 19.6. The highest BCUT2D eigenvalue weighted by Crippen LogP contribution is 2.39. The van der Waals surface area contributed by atoms with Gasteiger partial charge in [-0.3, -0.25) is 0 Å². The van der Waals surface area contributed by atoms with Crippen LogP contribution in [0.25, 0.3) is 0 Å². The minimum absolute atomic E-state index is 0.197. The summed E-state index contributed by atoms with van der Waals surface area (Å²) in [5.74, 6) is 0. The van der Waals surface area contributed by atoms with Gasteiger partial charge in [0.05, 0.1) is 65.6 Å². The molecule has 0 unspecified atom stereocenters. The van der Waals surface area contributed by atoms with Crippen LogP contribution in [0.4, 0.5) is 0 Å². The first-order valence-electron chi connectivity index (χ1n) is 26.4. The zero-order chi connectivity index (χ0) is 52.3. The quantitative estimate of drug-likeness (QED) is 0.0513. The molecule has 2 aliphatic rings. The van der Waals surface area contributed by atoms with Gasteiger partial charge in [-0.1, -0.05) is 218 Å². The monoisotopic (exact) mass is 1040 g/mol. The predicted molar refractivity (Wildman–Crippen MR) is 290 cm³/mol. The van der Waals surface area contributed by atoms with Crippen LogP contribution in [0.3, 0.4) is 0 Å². The number of hydrogen-bond donors (Lipinski definition) is 0. The van der Waals surface area contributed by atoms with Crippen molar-refractivity contribution in [1.82, 2.24) is 15.0 Å². The fourth-order valence-electron chi connectivity index (χ4n) is 9.83. The minimum atomic E-state index is -0.825. The van der Waals surface area contributed by atoms with E-state index in [4.69, 9.17) is 57.7 Å². The van der Waals surface area contributed by atoms with Crippen molar-refractivity contribution in [3.63, 3.8) is 0 Å². The summed E-state index contributed by atoms with van der Waals surface area (Å²) < 4.78 is 70.1. The van der Waals surface area contributed by atoms with E-state index in [0.29, 0.717) is 45.3 Å². The van der Waals surface area contributed by atoms with E-state index < -0.39 is 61.2 Å². The summed E-state index contributed by atoms with van der Waals surface area (Å²) >= 11 is 0. The second-order valence-corrected chi connectivity index (χ2v) is 19.3. The van der Waals surface area contributed by atoms with Gasteiger partial charge in [0.25, 0.3) is 0 Å². The Bertz CT molecular complexity index is 2890. The van der Waals surface area contributed by atoms with E-state index in [1.807, 2.05) is 206 Å². The molecule has 13 nitrogen and oxygen atoms in total. The number of hydrogen-bond acceptors (Lipinski definition) is 12. The molecule has 8 aromatic rings. The van der Waals surface area contributed by atoms with E-state index in [9.17, 15) is 0 Å². The summed E-state index contributed by atoms with van der Waals surface area (Å²) in [6.07, 6.45) is -4.96. The number of rotatable bonds is 26. The van der Waals surface area contributed by atoms with Gasteiger partial charge in [-0.05, 0) is 38.9 Å². The predicted octanol–water partition coefficient (Wildman–Crippen LogP) is 10.8. The molecule has 398 valence electrons. The van der Waals surface area contributed by atoms with Gasteiger partial charge in [0, 0.05) is 7.11 Å². The molecule has 2 saturated heterocycles. The molecule has 0 bridgehead atoms. The molecule has 2 aliphatic heterocycles. The summed E-state index contributed by atoms with van der Waals surface area (Å²) in [7, 11) is 1.62. The van der Waals surface area contributed by atoms with Gasteiger partial charge in [-0.25, -0.2) is 4.68 Å². The summed E-state index contributed by atoms with van der Waals surface area (Å²) in [5, 5.41) is 9.64. The molecular weight excluding hydrogens is 971 g/mol. The van der Waals surface area contributed by atoms with Crippen molar-refractivity contribution in [2.24, 2.45) is 0 Å². The topological polar surface area (TPSA) is 123 Å². The standard InChI is InChI=1S/C64H67N3O10/c1-68-64-63(75-45-53-35-21-8-22-36-53)62(74-44-52-33-19-7-20-34-52)58(70-40-48-25-11-3-12-26-48)55(77-64)38-67-37-54(65-66-67)57-60(72-42-50-29-15-5-16-30-50)61(73-43-51-31-17-6-18-32-51)59(71-41-49-27-13-4-14-28-49)56(76-57)46-69-39-47-23-9-2-10-24-47/h2-37,55-64H,38-46H2,1H3/t55-,56-,57+,58-,59+,60+,61+,62+,63-,64+/m1/s1. The van der Waals surface area contributed by atoms with Crippen molar-refractivity contribution in [2.75, 3.05) is 13.7 Å². The number of nitrogens with zero attached hydrogens (tertiary/aromatic N) is 3. The lowest BCUT2D eigenvalue weighted by atomic mass is 9.92. The van der Waals surface area contributed by atoms with Crippen LogP contribution in [0.1, 0.15) is 50.7 Å². The first kappa shape index (κ1) is 53.7. The van der Waals surface area contributed by atoms with Crippen LogP contribution >= 0.6 is 0 Å². The number of aromatic nitrogens is 3. The first-order valence-corrected chi connectivity index (χ1v) is 26.4. The van der Waals surface area contributed by atoms with Crippen molar-refractivity contribution in [1.29, 1.82) is 0 Å². The van der Waals surface area contributed by atoms with E-state index >= 15 is 0 Å². The molecule has 0 spiro atoms. The molecule has 10 rings (SSSR count). The third kappa shape index (κ3) is 15.1. The Morgan fingerprint density at radius 3 is 1.12 bits per heavy atom. The van der Waals surface area contributed by atoms with Crippen LogP contribution < -0.4 is 0 Å². The Morgan fingerprint density at radius 2 is 0.714 bits per heavy atom. The summed E-state index contributed by atoms with van der Waals surface area (Å²) in [6.45, 7) is 2.59. The van der Waals surface area contributed by atoms with Crippen molar-refractivity contribution < 1.29 is 47.4 Å². The molecule has 0 aliphatic carbocycles. The normalized spacial score (nSPS) is 23.4. The lowest BCUT2D eigenvalue weighted by Crippen LogP contribution is -2.61. The SMILES string of the molecule is CO[C@H]1O[C@H](Cn2cc([C@@H]3O[C@H](COCc4ccccc4)[C@H](OCc4ccccc4)[C@H](OCc4ccccc4)[C@H]3OCc3ccccc3)nn2)[C@@H](OCc2ccccc2)[C@H](OCc2ccccc2)[C@H]1OCc1ccccc1. The molecule has 0 amide bonds. The number of methoxy groups -OCH3 is 1. The van der Waals surface area contributed by atoms with Gasteiger partial charge in [0.2, 0.25) is 0 Å². The van der Waals surface area contributed by atoms with E-state index in [0.717, 1.165) is 38.9 Å². The van der Waals surface area contributed by atoms with Crippen LogP contribution in [0.5, 0.6) is 0 Å². The van der Waals surface area contributed by atoms with E-state index in [2.05, 4.69) is 12.1 Å². The van der Waals surface area contributed by atoms with Gasteiger partial charge in [-0.2, -0.15) is 0 Å². The summed E-state index contributed by atoms with van der Waals surface area (Å²) in [4.78, 5) is 0. The van der Waals surface area contributed by atoms with Crippen molar-refractivity contribution >= 4 is 0 Å². The second kappa shape index (κ2) is 28.1. The Balaban J connectivity index is 0.982. The average Bonchev–Trinajstić information content (AvgIpc) is 3.97. The fraction of sp³-hybridized carbons (Fsp3) is 0.312. The van der Waals surface area contributed by atoms with Crippen molar-refractivity contribution in [3.05, 3.63) is 263 Å². The molecule has 77 heavy (non-hydrogen) atoms.